The summed E-state index contributed by atoms with van der Waals surface area (Å²) in [5.74, 6) is 0.550. The molecule has 1 aliphatic rings. The van der Waals surface area contributed by atoms with Crippen LogP contribution in [0.3, 0.4) is 0 Å². The van der Waals surface area contributed by atoms with Crippen molar-refractivity contribution in [2.75, 3.05) is 13.1 Å². The molecule has 2 atom stereocenters. The van der Waals surface area contributed by atoms with Crippen LogP contribution in [0, 0.1) is 17.8 Å². The van der Waals surface area contributed by atoms with Gasteiger partial charge in [0, 0.05) is 6.42 Å². The average molecular weight is 265 g/mol. The van der Waals surface area contributed by atoms with Gasteiger partial charge in [0.25, 0.3) is 0 Å². The van der Waals surface area contributed by atoms with Crippen molar-refractivity contribution in [2.45, 2.75) is 33.1 Å². The van der Waals surface area contributed by atoms with Crippen LogP contribution in [0.1, 0.15) is 31.6 Å². The van der Waals surface area contributed by atoms with E-state index in [1.807, 2.05) is 6.07 Å². The van der Waals surface area contributed by atoms with Crippen molar-refractivity contribution < 1.29 is 14.3 Å². The van der Waals surface area contributed by atoms with E-state index in [0.29, 0.717) is 12.3 Å². The molecule has 2 N–H and O–H groups in total. The van der Waals surface area contributed by atoms with Crippen LogP contribution in [-0.2, 0) is 17.6 Å². The van der Waals surface area contributed by atoms with Crippen molar-refractivity contribution in [2.24, 2.45) is 17.8 Å². The van der Waals surface area contributed by atoms with E-state index in [-0.39, 0.29) is 11.8 Å². The molecule has 0 aliphatic carbocycles. The van der Waals surface area contributed by atoms with Gasteiger partial charge in [-0.05, 0) is 49.4 Å². The third-order valence-corrected chi connectivity index (χ3v) is 3.76. The van der Waals surface area contributed by atoms with Crippen LogP contribution in [0.15, 0.2) is 16.7 Å². The lowest BCUT2D eigenvalue weighted by atomic mass is 9.88. The largest absolute Gasteiger partial charge is 0.481 e. The third kappa shape index (κ3) is 3.83. The summed E-state index contributed by atoms with van der Waals surface area (Å²) in [4.78, 5) is 11.4. The minimum Gasteiger partial charge on any atom is -0.481 e. The van der Waals surface area contributed by atoms with Gasteiger partial charge < -0.3 is 14.8 Å². The van der Waals surface area contributed by atoms with E-state index in [9.17, 15) is 9.90 Å². The standard InChI is InChI=1S/C15H23NO3/c1-10(2)5-11-6-13(19-9-11)7-14(15(17)18)12-3-4-16-8-12/h6,9-10,12,14,16H,3-5,7-8H2,1-2H3,(H,17,18). The number of aliphatic carboxylic acids is 1. The lowest BCUT2D eigenvalue weighted by Crippen LogP contribution is -2.27. The maximum atomic E-state index is 11.4. The molecule has 4 heteroatoms. The molecule has 19 heavy (non-hydrogen) atoms. The molecule has 0 aromatic carbocycles. The predicted molar refractivity (Wildman–Crippen MR) is 73.1 cm³/mol. The Morgan fingerprint density at radius 3 is 2.89 bits per heavy atom. The normalized spacial score (nSPS) is 20.9. The highest BCUT2D eigenvalue weighted by atomic mass is 16.4. The molecule has 2 rings (SSSR count). The molecule has 106 valence electrons. The highest BCUT2D eigenvalue weighted by molar-refractivity contribution is 5.70. The molecule has 1 aromatic rings. The zero-order valence-electron chi connectivity index (χ0n) is 11.7. The minimum atomic E-state index is -0.712. The molecule has 0 saturated carbocycles. The SMILES string of the molecule is CC(C)Cc1coc(CC(C(=O)O)C2CCNC2)c1. The molecule has 1 saturated heterocycles. The van der Waals surface area contributed by atoms with Crippen LogP contribution in [0.5, 0.6) is 0 Å². The maximum Gasteiger partial charge on any atom is 0.307 e. The van der Waals surface area contributed by atoms with Crippen molar-refractivity contribution in [3.63, 3.8) is 0 Å². The minimum absolute atomic E-state index is 0.219. The second-order valence-electron chi connectivity index (χ2n) is 5.92. The highest BCUT2D eigenvalue weighted by Crippen LogP contribution is 2.25. The molecule has 1 fully saturated rings. The van der Waals surface area contributed by atoms with Gasteiger partial charge in [-0.3, -0.25) is 4.79 Å². The topological polar surface area (TPSA) is 62.5 Å². The maximum absolute atomic E-state index is 11.4. The van der Waals surface area contributed by atoms with Gasteiger partial charge in [-0.1, -0.05) is 13.8 Å². The Kier molecular flexibility index (Phi) is 4.64. The summed E-state index contributed by atoms with van der Waals surface area (Å²) in [6.07, 6.45) is 4.18. The van der Waals surface area contributed by atoms with Gasteiger partial charge in [0.05, 0.1) is 12.2 Å². The van der Waals surface area contributed by atoms with Gasteiger partial charge in [-0.2, -0.15) is 0 Å². The molecule has 0 spiro atoms. The summed E-state index contributed by atoms with van der Waals surface area (Å²) >= 11 is 0. The lowest BCUT2D eigenvalue weighted by Gasteiger charge is -2.17. The number of nitrogens with one attached hydrogen (secondary N) is 1. The van der Waals surface area contributed by atoms with Gasteiger partial charge in [-0.15, -0.1) is 0 Å². The number of hydrogen-bond acceptors (Lipinski definition) is 3. The first kappa shape index (κ1) is 14.1. The number of carboxylic acids is 1. The smallest absolute Gasteiger partial charge is 0.307 e. The molecule has 0 amide bonds. The van der Waals surface area contributed by atoms with Gasteiger partial charge in [-0.25, -0.2) is 0 Å². The number of carboxylic acid groups (broad SMARTS) is 1. The monoisotopic (exact) mass is 265 g/mol. The molecule has 1 aromatic heterocycles. The molecular formula is C15H23NO3. The van der Waals surface area contributed by atoms with E-state index in [2.05, 4.69) is 19.2 Å². The molecule has 2 heterocycles. The Morgan fingerprint density at radius 1 is 1.53 bits per heavy atom. The molecule has 0 radical (unpaired) electrons. The van der Waals surface area contributed by atoms with Crippen LogP contribution in [0.25, 0.3) is 0 Å². The fraction of sp³-hybridized carbons (Fsp3) is 0.667. The predicted octanol–water partition coefficient (Wildman–Crippen LogP) is 2.33. The summed E-state index contributed by atoms with van der Waals surface area (Å²) < 4.78 is 5.52. The number of furan rings is 1. The van der Waals surface area contributed by atoms with Gasteiger partial charge in [0.2, 0.25) is 0 Å². The molecule has 2 unspecified atom stereocenters. The quantitative estimate of drug-likeness (QED) is 0.828. The van der Waals surface area contributed by atoms with E-state index < -0.39 is 5.97 Å². The van der Waals surface area contributed by atoms with Crippen molar-refractivity contribution in [3.8, 4) is 0 Å². The third-order valence-electron chi connectivity index (χ3n) is 3.76. The number of hydrogen-bond donors (Lipinski definition) is 2. The first-order chi connectivity index (χ1) is 9.06. The van der Waals surface area contributed by atoms with Crippen LogP contribution in [0.4, 0.5) is 0 Å². The highest BCUT2D eigenvalue weighted by Gasteiger charge is 2.31. The Morgan fingerprint density at radius 2 is 2.32 bits per heavy atom. The van der Waals surface area contributed by atoms with E-state index >= 15 is 0 Å². The van der Waals surface area contributed by atoms with Crippen LogP contribution >= 0.6 is 0 Å². The van der Waals surface area contributed by atoms with Gasteiger partial charge in [0.1, 0.15) is 5.76 Å². The molecule has 1 aliphatic heterocycles. The summed E-state index contributed by atoms with van der Waals surface area (Å²) in [5.41, 5.74) is 1.17. The number of rotatable bonds is 6. The fourth-order valence-corrected chi connectivity index (χ4v) is 2.80. The Hall–Kier alpha value is -1.29. The van der Waals surface area contributed by atoms with E-state index in [1.165, 1.54) is 5.56 Å². The summed E-state index contributed by atoms with van der Waals surface area (Å²) in [5, 5.41) is 12.6. The van der Waals surface area contributed by atoms with Crippen molar-refractivity contribution in [1.82, 2.24) is 5.32 Å². The van der Waals surface area contributed by atoms with E-state index in [1.54, 1.807) is 6.26 Å². The summed E-state index contributed by atoms with van der Waals surface area (Å²) in [7, 11) is 0. The van der Waals surface area contributed by atoms with E-state index in [4.69, 9.17) is 4.42 Å². The fourth-order valence-electron chi connectivity index (χ4n) is 2.80. The van der Waals surface area contributed by atoms with Crippen LogP contribution in [0.2, 0.25) is 0 Å². The zero-order chi connectivity index (χ0) is 13.8. The second-order valence-corrected chi connectivity index (χ2v) is 5.92. The van der Waals surface area contributed by atoms with Crippen molar-refractivity contribution in [1.29, 1.82) is 0 Å². The summed E-state index contributed by atoms with van der Waals surface area (Å²) in [6, 6.07) is 2.01. The summed E-state index contributed by atoms with van der Waals surface area (Å²) in [6.45, 7) is 6.05. The Bertz CT molecular complexity index is 419. The first-order valence-electron chi connectivity index (χ1n) is 7.06. The van der Waals surface area contributed by atoms with Crippen LogP contribution < -0.4 is 5.32 Å². The van der Waals surface area contributed by atoms with E-state index in [0.717, 1.165) is 31.7 Å². The second kappa shape index (κ2) is 6.24. The van der Waals surface area contributed by atoms with Gasteiger partial charge >= 0.3 is 5.97 Å². The zero-order valence-corrected chi connectivity index (χ0v) is 11.7. The molecule has 4 nitrogen and oxygen atoms in total. The first-order valence-corrected chi connectivity index (χ1v) is 7.06. The lowest BCUT2D eigenvalue weighted by molar-refractivity contribution is -0.143. The Balaban J connectivity index is 2.00. The number of carbonyl (C=O) groups is 1. The van der Waals surface area contributed by atoms with Crippen molar-refractivity contribution in [3.05, 3.63) is 23.7 Å². The molecular weight excluding hydrogens is 242 g/mol. The van der Waals surface area contributed by atoms with Crippen molar-refractivity contribution >= 4 is 5.97 Å². The molecule has 0 bridgehead atoms. The van der Waals surface area contributed by atoms with Crippen LogP contribution in [-0.4, -0.2) is 24.2 Å². The van der Waals surface area contributed by atoms with Gasteiger partial charge in [0.15, 0.2) is 0 Å². The Labute approximate surface area is 114 Å². The average Bonchev–Trinajstić information content (AvgIpc) is 2.95.